The lowest BCUT2D eigenvalue weighted by Gasteiger charge is -2.39. The Labute approximate surface area is 369 Å². The van der Waals surface area contributed by atoms with Crippen molar-refractivity contribution in [3.63, 3.8) is 0 Å². The number of benzene rings is 4. The highest BCUT2D eigenvalue weighted by molar-refractivity contribution is 7.90. The van der Waals surface area contributed by atoms with E-state index in [0.29, 0.717) is 29.5 Å². The highest BCUT2D eigenvalue weighted by Crippen LogP contribution is 2.43. The molecule has 320 valence electrons. The standard InChI is InChI=1S/C46H44Cl2N6O7S/c1-46(2)15-13-33(41(26-46)31-3-5-35(47)6-4-31)28-52-17-19-53(20-18-52)37-9-12-43(42(25-37)61-40-24-32-14-16-49-44(32)50-27-40)62(58,59)51-45(55)34-21-30(22-38(23-34)54(56)57)29-60-39-10-7-36(48)8-11-39/h3-12,14,16,21-25,27H,13,15,17-20,26,28-29H2,1-2H3,(H,49,50)(H,51,55). The number of hydrogen-bond donors (Lipinski definition) is 2. The van der Waals surface area contributed by atoms with Gasteiger partial charge in [-0.15, -0.1) is 0 Å². The summed E-state index contributed by atoms with van der Waals surface area (Å²) in [6, 6.07) is 26.6. The number of pyridine rings is 1. The van der Waals surface area contributed by atoms with Gasteiger partial charge in [0.25, 0.3) is 21.6 Å². The Morgan fingerprint density at radius 2 is 1.65 bits per heavy atom. The molecule has 1 aliphatic heterocycles. The third-order valence-electron chi connectivity index (χ3n) is 11.2. The van der Waals surface area contributed by atoms with E-state index in [0.717, 1.165) is 61.1 Å². The van der Waals surface area contributed by atoms with Gasteiger partial charge in [-0.2, -0.15) is 0 Å². The van der Waals surface area contributed by atoms with E-state index >= 15 is 0 Å². The highest BCUT2D eigenvalue weighted by Gasteiger charge is 2.31. The van der Waals surface area contributed by atoms with Gasteiger partial charge in [0, 0.05) is 83.8 Å². The molecule has 2 N–H and O–H groups in total. The number of H-pyrrole nitrogens is 1. The second-order valence-electron chi connectivity index (χ2n) is 16.3. The Morgan fingerprint density at radius 3 is 2.37 bits per heavy atom. The van der Waals surface area contributed by atoms with E-state index in [4.69, 9.17) is 32.7 Å². The Hall–Kier alpha value is -5.93. The van der Waals surface area contributed by atoms with Crippen molar-refractivity contribution in [1.29, 1.82) is 0 Å². The molecular formula is C46H44Cl2N6O7S. The minimum atomic E-state index is -4.61. The SMILES string of the molecule is CC1(C)CCC(CN2CCN(c3ccc(S(=O)(=O)NC(=O)c4cc(COc5ccc(Cl)cc5)cc([N+](=O)[O-])c4)c(Oc4cnc5[nH]ccc5c4)c3)CC2)=C(c2ccc(Cl)cc2)C1. The number of anilines is 1. The van der Waals surface area contributed by atoms with Crippen LogP contribution in [0.3, 0.4) is 0 Å². The lowest BCUT2D eigenvalue weighted by atomic mass is 9.72. The summed E-state index contributed by atoms with van der Waals surface area (Å²) in [6.45, 7) is 8.33. The number of nitrogens with zero attached hydrogens (tertiary/aromatic N) is 4. The summed E-state index contributed by atoms with van der Waals surface area (Å²) < 4.78 is 42.3. The number of aromatic amines is 1. The lowest BCUT2D eigenvalue weighted by Crippen LogP contribution is -2.47. The van der Waals surface area contributed by atoms with Gasteiger partial charge in [0.2, 0.25) is 0 Å². The molecule has 3 heterocycles. The van der Waals surface area contributed by atoms with Gasteiger partial charge in [-0.3, -0.25) is 19.8 Å². The maximum absolute atomic E-state index is 14.1. The summed E-state index contributed by atoms with van der Waals surface area (Å²) in [5.41, 5.74) is 5.27. The maximum atomic E-state index is 14.1. The molecule has 1 aliphatic carbocycles. The first kappa shape index (κ1) is 42.7. The zero-order valence-corrected chi connectivity index (χ0v) is 36.4. The summed E-state index contributed by atoms with van der Waals surface area (Å²) in [4.78, 5) is 36.6. The first-order valence-electron chi connectivity index (χ1n) is 20.1. The molecule has 4 aromatic carbocycles. The van der Waals surface area contributed by atoms with Gasteiger partial charge < -0.3 is 19.4 Å². The van der Waals surface area contributed by atoms with Crippen molar-refractivity contribution in [3.05, 3.63) is 152 Å². The number of halogens is 2. The monoisotopic (exact) mass is 894 g/mol. The van der Waals surface area contributed by atoms with E-state index in [1.807, 2.05) is 18.2 Å². The fourth-order valence-corrected chi connectivity index (χ4v) is 9.26. The molecule has 1 fully saturated rings. The van der Waals surface area contributed by atoms with Crippen molar-refractivity contribution in [2.75, 3.05) is 37.6 Å². The van der Waals surface area contributed by atoms with E-state index in [1.165, 1.54) is 41.1 Å². The number of piperazine rings is 1. The molecule has 62 heavy (non-hydrogen) atoms. The number of rotatable bonds is 13. The number of nitrogens with one attached hydrogen (secondary N) is 2. The van der Waals surface area contributed by atoms with Crippen LogP contribution in [-0.4, -0.2) is 66.8 Å². The van der Waals surface area contributed by atoms with E-state index in [9.17, 15) is 23.3 Å². The predicted molar refractivity (Wildman–Crippen MR) is 241 cm³/mol. The van der Waals surface area contributed by atoms with Gasteiger partial charge in [-0.25, -0.2) is 18.1 Å². The zero-order valence-electron chi connectivity index (χ0n) is 34.1. The molecule has 0 atom stereocenters. The van der Waals surface area contributed by atoms with E-state index in [1.54, 1.807) is 48.7 Å². The van der Waals surface area contributed by atoms with Crippen LogP contribution in [0.25, 0.3) is 16.6 Å². The van der Waals surface area contributed by atoms with Crippen molar-refractivity contribution in [2.24, 2.45) is 5.41 Å². The first-order valence-corrected chi connectivity index (χ1v) is 22.3. The van der Waals surface area contributed by atoms with Crippen LogP contribution in [0.15, 0.2) is 120 Å². The molecule has 13 nitrogen and oxygen atoms in total. The molecule has 6 aromatic rings. The number of amides is 1. The molecule has 16 heteroatoms. The number of nitro groups is 1. The third kappa shape index (κ3) is 10.1. The summed E-state index contributed by atoms with van der Waals surface area (Å²) in [5.74, 6) is -0.367. The molecule has 1 amide bonds. The number of sulfonamides is 1. The number of fused-ring (bicyclic) bond motifs is 1. The number of hydrogen-bond acceptors (Lipinski definition) is 10. The Kier molecular flexibility index (Phi) is 12.3. The number of carbonyl (C=O) groups is 1. The quantitative estimate of drug-likeness (QED) is 0.0844. The molecule has 0 spiro atoms. The average molecular weight is 896 g/mol. The molecule has 2 aromatic heterocycles. The van der Waals surface area contributed by atoms with Crippen molar-refractivity contribution < 1.29 is 27.6 Å². The number of carbonyl (C=O) groups excluding carboxylic acids is 1. The largest absolute Gasteiger partial charge is 0.489 e. The van der Waals surface area contributed by atoms with E-state index in [-0.39, 0.29) is 39.5 Å². The van der Waals surface area contributed by atoms with Crippen LogP contribution >= 0.6 is 23.2 Å². The van der Waals surface area contributed by atoms with Gasteiger partial charge in [0.1, 0.15) is 34.4 Å². The van der Waals surface area contributed by atoms with Gasteiger partial charge in [0.15, 0.2) is 0 Å². The number of non-ortho nitro benzene ring substituents is 1. The van der Waals surface area contributed by atoms with Crippen LogP contribution in [0.5, 0.6) is 17.2 Å². The first-order chi connectivity index (χ1) is 29.7. The summed E-state index contributed by atoms with van der Waals surface area (Å²) in [5, 5.41) is 13.8. The third-order valence-corrected chi connectivity index (χ3v) is 13.1. The van der Waals surface area contributed by atoms with Crippen LogP contribution in [0.4, 0.5) is 11.4 Å². The van der Waals surface area contributed by atoms with Gasteiger partial charge in [-0.1, -0.05) is 54.8 Å². The minimum absolute atomic E-state index is 0.0272. The topological polar surface area (TPSA) is 160 Å². The average Bonchev–Trinajstić information content (AvgIpc) is 3.72. The molecule has 2 aliphatic rings. The van der Waals surface area contributed by atoms with Gasteiger partial charge >= 0.3 is 0 Å². The van der Waals surface area contributed by atoms with Crippen LogP contribution in [0, 0.1) is 15.5 Å². The maximum Gasteiger partial charge on any atom is 0.270 e. The van der Waals surface area contributed by atoms with Crippen LogP contribution in [-0.2, 0) is 16.6 Å². The molecule has 8 rings (SSSR count). The van der Waals surface area contributed by atoms with Crippen molar-refractivity contribution in [2.45, 2.75) is 44.6 Å². The van der Waals surface area contributed by atoms with Crippen LogP contribution in [0.2, 0.25) is 10.0 Å². The predicted octanol–water partition coefficient (Wildman–Crippen LogP) is 10.1. The van der Waals surface area contributed by atoms with E-state index < -0.39 is 26.5 Å². The normalized spacial score (nSPS) is 15.7. The van der Waals surface area contributed by atoms with Crippen molar-refractivity contribution >= 4 is 67.1 Å². The molecule has 0 radical (unpaired) electrons. The van der Waals surface area contributed by atoms with Crippen molar-refractivity contribution in [1.82, 2.24) is 19.6 Å². The Balaban J connectivity index is 1.03. The second kappa shape index (κ2) is 17.8. The number of ether oxygens (including phenoxy) is 2. The highest BCUT2D eigenvalue weighted by atomic mass is 35.5. The van der Waals surface area contributed by atoms with Gasteiger partial charge in [-0.05, 0) is 108 Å². The Bertz CT molecular complexity index is 2790. The van der Waals surface area contributed by atoms with Crippen molar-refractivity contribution in [3.8, 4) is 17.2 Å². The van der Waals surface area contributed by atoms with Gasteiger partial charge in [0.05, 0.1) is 11.1 Å². The van der Waals surface area contributed by atoms with E-state index in [2.05, 4.69) is 50.5 Å². The smallest absolute Gasteiger partial charge is 0.270 e. The van der Waals surface area contributed by atoms with Crippen LogP contribution < -0.4 is 19.1 Å². The Morgan fingerprint density at radius 1 is 0.919 bits per heavy atom. The number of aromatic nitrogens is 2. The second-order valence-corrected chi connectivity index (χ2v) is 18.9. The minimum Gasteiger partial charge on any atom is -0.489 e. The molecule has 0 saturated carbocycles. The fraction of sp³-hybridized carbons (Fsp3) is 0.261. The summed E-state index contributed by atoms with van der Waals surface area (Å²) in [6.07, 6.45) is 6.37. The molecular weight excluding hydrogens is 852 g/mol. The summed E-state index contributed by atoms with van der Waals surface area (Å²) >= 11 is 12.2. The number of nitro benzene ring substituents is 1. The number of allylic oxidation sites excluding steroid dienone is 1. The molecule has 0 bridgehead atoms. The van der Waals surface area contributed by atoms with Crippen LogP contribution in [0.1, 0.15) is 54.6 Å². The summed E-state index contributed by atoms with van der Waals surface area (Å²) in [7, 11) is -4.61. The molecule has 0 unspecified atom stereocenters. The fourth-order valence-electron chi connectivity index (χ4n) is 7.92. The zero-order chi connectivity index (χ0) is 43.6. The molecule has 1 saturated heterocycles. The lowest BCUT2D eigenvalue weighted by molar-refractivity contribution is -0.385.